The molecule has 2 nitrogen and oxygen atoms in total. The number of hydrogen-bond donors (Lipinski definition) is 1. The molecule has 0 amide bonds. The Labute approximate surface area is 118 Å². The zero-order valence-corrected chi connectivity index (χ0v) is 12.8. The zero-order chi connectivity index (χ0) is 12.8. The number of aliphatic imine (C=N–C) groups is 1. The van der Waals surface area contributed by atoms with Crippen LogP contribution in [0.4, 0.5) is 0 Å². The van der Waals surface area contributed by atoms with Crippen LogP contribution in [0.2, 0.25) is 0 Å². The molecule has 4 heteroatoms. The highest BCUT2D eigenvalue weighted by Crippen LogP contribution is 2.30. The Morgan fingerprint density at radius 1 is 1.44 bits per heavy atom. The quantitative estimate of drug-likeness (QED) is 0.858. The highest BCUT2D eigenvalue weighted by molar-refractivity contribution is 8.14. The summed E-state index contributed by atoms with van der Waals surface area (Å²) < 4.78 is 0. The molecule has 0 aliphatic carbocycles. The highest BCUT2D eigenvalue weighted by Gasteiger charge is 2.25. The molecule has 0 fully saturated rings. The molecule has 2 heterocycles. The molecule has 0 saturated carbocycles. The lowest BCUT2D eigenvalue weighted by Crippen LogP contribution is -2.23. The molecule has 1 N–H and O–H groups in total. The SMILES string of the molecule is CCC(CC)C1CN=C(NCCc2cccs2)S1. The highest BCUT2D eigenvalue weighted by atomic mass is 32.2. The second-order valence-corrected chi connectivity index (χ2v) is 6.90. The van der Waals surface area contributed by atoms with Gasteiger partial charge in [-0.1, -0.05) is 44.5 Å². The summed E-state index contributed by atoms with van der Waals surface area (Å²) in [5.74, 6) is 0.815. The number of thiophene rings is 1. The van der Waals surface area contributed by atoms with Gasteiger partial charge in [-0.25, -0.2) is 0 Å². The van der Waals surface area contributed by atoms with Crippen LogP contribution in [0.25, 0.3) is 0 Å². The molecule has 2 rings (SSSR count). The summed E-state index contributed by atoms with van der Waals surface area (Å²) >= 11 is 3.78. The van der Waals surface area contributed by atoms with Gasteiger partial charge in [-0.05, 0) is 23.8 Å². The summed E-state index contributed by atoms with van der Waals surface area (Å²) in [5, 5.41) is 7.47. The van der Waals surface area contributed by atoms with Gasteiger partial charge in [0, 0.05) is 16.7 Å². The van der Waals surface area contributed by atoms with Crippen molar-refractivity contribution in [1.82, 2.24) is 5.32 Å². The molecule has 1 unspecified atom stereocenters. The van der Waals surface area contributed by atoms with Crippen LogP contribution in [0.15, 0.2) is 22.5 Å². The van der Waals surface area contributed by atoms with Crippen molar-refractivity contribution in [3.05, 3.63) is 22.4 Å². The second-order valence-electron chi connectivity index (χ2n) is 4.63. The van der Waals surface area contributed by atoms with Crippen molar-refractivity contribution in [2.75, 3.05) is 13.1 Å². The largest absolute Gasteiger partial charge is 0.365 e. The van der Waals surface area contributed by atoms with Crippen molar-refractivity contribution >= 4 is 28.3 Å². The first-order valence-electron chi connectivity index (χ1n) is 6.80. The van der Waals surface area contributed by atoms with Crippen LogP contribution in [-0.4, -0.2) is 23.5 Å². The van der Waals surface area contributed by atoms with Gasteiger partial charge >= 0.3 is 0 Å². The summed E-state index contributed by atoms with van der Waals surface area (Å²) in [7, 11) is 0. The van der Waals surface area contributed by atoms with E-state index in [0.717, 1.165) is 30.6 Å². The fourth-order valence-electron chi connectivity index (χ4n) is 2.30. The van der Waals surface area contributed by atoms with Gasteiger partial charge in [-0.15, -0.1) is 11.3 Å². The van der Waals surface area contributed by atoms with Crippen molar-refractivity contribution in [2.45, 2.75) is 38.4 Å². The van der Waals surface area contributed by atoms with Crippen molar-refractivity contribution in [3.63, 3.8) is 0 Å². The minimum absolute atomic E-state index is 0.698. The predicted molar refractivity (Wildman–Crippen MR) is 83.8 cm³/mol. The van der Waals surface area contributed by atoms with Gasteiger partial charge in [-0.2, -0.15) is 0 Å². The van der Waals surface area contributed by atoms with E-state index in [1.807, 2.05) is 23.1 Å². The number of rotatable bonds is 6. The van der Waals surface area contributed by atoms with Gasteiger partial charge in [0.1, 0.15) is 0 Å². The van der Waals surface area contributed by atoms with Gasteiger partial charge in [0.05, 0.1) is 6.54 Å². The van der Waals surface area contributed by atoms with Gasteiger partial charge in [0.2, 0.25) is 0 Å². The molecule has 1 aliphatic heterocycles. The summed E-state index contributed by atoms with van der Waals surface area (Å²) in [6.45, 7) is 6.58. The van der Waals surface area contributed by atoms with Crippen LogP contribution in [-0.2, 0) is 6.42 Å². The van der Waals surface area contributed by atoms with Crippen molar-refractivity contribution in [1.29, 1.82) is 0 Å². The van der Waals surface area contributed by atoms with E-state index in [9.17, 15) is 0 Å². The van der Waals surface area contributed by atoms with Crippen LogP contribution in [0, 0.1) is 5.92 Å². The summed E-state index contributed by atoms with van der Waals surface area (Å²) in [6, 6.07) is 4.31. The maximum absolute atomic E-state index is 4.62. The number of nitrogens with one attached hydrogen (secondary N) is 1. The first kappa shape index (κ1) is 13.9. The van der Waals surface area contributed by atoms with Gasteiger partial charge < -0.3 is 5.32 Å². The third-order valence-corrected chi connectivity index (χ3v) is 5.75. The molecule has 0 aromatic carbocycles. The third kappa shape index (κ3) is 3.75. The van der Waals surface area contributed by atoms with E-state index in [4.69, 9.17) is 0 Å². The summed E-state index contributed by atoms with van der Waals surface area (Å²) in [4.78, 5) is 6.07. The van der Waals surface area contributed by atoms with Gasteiger partial charge in [-0.3, -0.25) is 4.99 Å². The molecule has 1 atom stereocenters. The monoisotopic (exact) mass is 282 g/mol. The minimum atomic E-state index is 0.698. The van der Waals surface area contributed by atoms with E-state index < -0.39 is 0 Å². The van der Waals surface area contributed by atoms with E-state index in [1.54, 1.807) is 0 Å². The fraction of sp³-hybridized carbons (Fsp3) is 0.643. The van der Waals surface area contributed by atoms with Crippen LogP contribution < -0.4 is 5.32 Å². The number of nitrogens with zero attached hydrogens (tertiary/aromatic N) is 1. The molecular weight excluding hydrogens is 260 g/mol. The summed E-state index contributed by atoms with van der Waals surface area (Å²) in [6.07, 6.45) is 3.64. The Hall–Kier alpha value is -0.480. The Kier molecular flexibility index (Phi) is 5.57. The van der Waals surface area contributed by atoms with Crippen LogP contribution in [0.3, 0.4) is 0 Å². The Morgan fingerprint density at radius 2 is 2.28 bits per heavy atom. The van der Waals surface area contributed by atoms with E-state index in [0.29, 0.717) is 5.25 Å². The molecule has 0 spiro atoms. The minimum Gasteiger partial charge on any atom is -0.365 e. The normalized spacial score (nSPS) is 19.3. The van der Waals surface area contributed by atoms with Crippen molar-refractivity contribution in [3.8, 4) is 0 Å². The first-order valence-corrected chi connectivity index (χ1v) is 8.56. The Morgan fingerprint density at radius 3 is 2.94 bits per heavy atom. The molecule has 1 aliphatic rings. The smallest absolute Gasteiger partial charge is 0.156 e. The molecule has 1 aromatic rings. The van der Waals surface area contributed by atoms with E-state index >= 15 is 0 Å². The van der Waals surface area contributed by atoms with E-state index in [-0.39, 0.29) is 0 Å². The van der Waals surface area contributed by atoms with Crippen LogP contribution >= 0.6 is 23.1 Å². The average molecular weight is 282 g/mol. The average Bonchev–Trinajstić information content (AvgIpc) is 3.03. The lowest BCUT2D eigenvalue weighted by atomic mass is 9.99. The molecule has 1 aromatic heterocycles. The van der Waals surface area contributed by atoms with Gasteiger partial charge in [0.15, 0.2) is 5.17 Å². The second kappa shape index (κ2) is 7.19. The Bertz CT molecular complexity index is 369. The molecule has 100 valence electrons. The van der Waals surface area contributed by atoms with Crippen LogP contribution in [0.1, 0.15) is 31.6 Å². The number of thioether (sulfide) groups is 1. The van der Waals surface area contributed by atoms with Crippen molar-refractivity contribution < 1.29 is 0 Å². The van der Waals surface area contributed by atoms with E-state index in [2.05, 4.69) is 41.7 Å². The lowest BCUT2D eigenvalue weighted by Gasteiger charge is -2.18. The van der Waals surface area contributed by atoms with E-state index in [1.165, 1.54) is 17.7 Å². The number of amidine groups is 1. The summed E-state index contributed by atoms with van der Waals surface area (Å²) in [5.41, 5.74) is 0. The van der Waals surface area contributed by atoms with Crippen molar-refractivity contribution in [2.24, 2.45) is 10.9 Å². The molecule has 18 heavy (non-hydrogen) atoms. The molecule has 0 bridgehead atoms. The lowest BCUT2D eigenvalue weighted by molar-refractivity contribution is 0.479. The standard InChI is InChI=1S/C14H22N2S2/c1-3-11(4-2)13-10-16-14(18-13)15-8-7-12-6-5-9-17-12/h5-6,9,11,13H,3-4,7-8,10H2,1-2H3,(H,15,16). The Balaban J connectivity index is 1.69. The first-order chi connectivity index (χ1) is 8.83. The molecule has 0 radical (unpaired) electrons. The maximum atomic E-state index is 4.62. The molecule has 0 saturated heterocycles. The third-order valence-electron chi connectivity index (χ3n) is 3.48. The fourth-order valence-corrected chi connectivity index (χ4v) is 4.35. The molecular formula is C14H22N2S2. The number of hydrogen-bond acceptors (Lipinski definition) is 4. The predicted octanol–water partition coefficient (Wildman–Crippen LogP) is 3.79. The zero-order valence-electron chi connectivity index (χ0n) is 11.2. The van der Waals surface area contributed by atoms with Gasteiger partial charge in [0.25, 0.3) is 0 Å². The van der Waals surface area contributed by atoms with Crippen LogP contribution in [0.5, 0.6) is 0 Å². The topological polar surface area (TPSA) is 24.4 Å². The maximum Gasteiger partial charge on any atom is 0.156 e.